The van der Waals surface area contributed by atoms with E-state index in [1.807, 2.05) is 83.9 Å². The fourth-order valence-electron chi connectivity index (χ4n) is 12.2. The molecule has 0 amide bonds. The Bertz CT molecular complexity index is 3840. The Morgan fingerprint density at radius 3 is 1.33 bits per heavy atom. The van der Waals surface area contributed by atoms with E-state index >= 15 is 0 Å². The van der Waals surface area contributed by atoms with Crippen LogP contribution >= 0.6 is 22.6 Å². The monoisotopic (exact) mass is 1550 g/mol. The number of carbonyl (C=O) groups is 2. The van der Waals surface area contributed by atoms with Crippen LogP contribution in [0.25, 0.3) is 44.2 Å². The Hall–Kier alpha value is -5.54. The Balaban J connectivity index is 0.000000218. The molecule has 6 aromatic heterocycles. The maximum atomic E-state index is 12.2. The van der Waals surface area contributed by atoms with Crippen molar-refractivity contribution in [1.82, 2.24) is 39.2 Å². The predicted octanol–water partition coefficient (Wildman–Crippen LogP) is 15.5. The van der Waals surface area contributed by atoms with Crippen molar-refractivity contribution in [3.63, 3.8) is 0 Å². The molecule has 8 aromatic rings. The van der Waals surface area contributed by atoms with Crippen molar-refractivity contribution in [3.05, 3.63) is 113 Å². The average Bonchev–Trinajstić information content (AvgIpc) is 1.57. The maximum Gasteiger partial charge on any atom is 0.490 e. The molecule has 10 rings (SSSR count). The van der Waals surface area contributed by atoms with Gasteiger partial charge in [0.05, 0.1) is 40.2 Å². The number of benzene rings is 2. The molecule has 0 aliphatic heterocycles. The van der Waals surface area contributed by atoms with Crippen molar-refractivity contribution in [2.24, 2.45) is 11.8 Å². The first kappa shape index (κ1) is 80.2. The minimum atomic E-state index is -1.45. The number of hydrogen-bond donors (Lipinski definition) is 2. The Kier molecular flexibility index (Phi) is 30.3. The summed E-state index contributed by atoms with van der Waals surface area (Å²) in [5.41, 5.74) is 8.01. The molecule has 0 atom stereocenters. The fourth-order valence-corrected chi connectivity index (χ4v) is 15.7. The number of para-hydroxylation sites is 2. The van der Waals surface area contributed by atoms with E-state index < -0.39 is 39.4 Å². The van der Waals surface area contributed by atoms with Crippen molar-refractivity contribution in [3.8, 4) is 11.1 Å². The van der Waals surface area contributed by atoms with Crippen LogP contribution in [0.5, 0.6) is 0 Å². The van der Waals surface area contributed by atoms with E-state index in [1.165, 1.54) is 6.20 Å². The molecule has 6 heterocycles. The number of pyridine rings is 2. The summed E-state index contributed by atoms with van der Waals surface area (Å²) < 4.78 is 40.5. The van der Waals surface area contributed by atoms with E-state index in [2.05, 4.69) is 145 Å². The van der Waals surface area contributed by atoms with Crippen LogP contribution in [0.1, 0.15) is 101 Å². The first-order valence-corrected chi connectivity index (χ1v) is 52.0. The predicted molar refractivity (Wildman–Crippen MR) is 424 cm³/mol. The second kappa shape index (κ2) is 37.8. The van der Waals surface area contributed by atoms with Gasteiger partial charge in [0.25, 0.3) is 0 Å². The lowest BCUT2D eigenvalue weighted by Gasteiger charge is -2.30. The van der Waals surface area contributed by atoms with Gasteiger partial charge < -0.3 is 48.3 Å². The highest BCUT2D eigenvalue weighted by molar-refractivity contribution is 14.1. The van der Waals surface area contributed by atoms with Crippen LogP contribution in [0, 0.1) is 15.4 Å². The second-order valence-electron chi connectivity index (χ2n) is 31.8. The number of esters is 2. The fraction of sp³-hybridized carbons (Fsp3) is 0.568. The van der Waals surface area contributed by atoms with Crippen LogP contribution in [-0.2, 0) is 38.0 Å². The van der Waals surface area contributed by atoms with Gasteiger partial charge in [-0.15, -0.1) is 0 Å². The summed E-state index contributed by atoms with van der Waals surface area (Å²) in [4.78, 5) is 47.8. The Morgan fingerprint density at radius 2 is 0.910 bits per heavy atom. The summed E-state index contributed by atoms with van der Waals surface area (Å²) >= 11 is 2.32. The van der Waals surface area contributed by atoms with E-state index in [0.29, 0.717) is 76.2 Å². The average molecular weight is 1550 g/mol. The number of halogens is 1. The molecular weight excluding hydrogens is 1440 g/mol. The van der Waals surface area contributed by atoms with E-state index in [0.717, 1.165) is 173 Å². The van der Waals surface area contributed by atoms with Crippen molar-refractivity contribution >= 4 is 124 Å². The number of fused-ring (bicyclic) bond motifs is 4. The topological polar surface area (TPSA) is 223 Å². The van der Waals surface area contributed by atoms with Gasteiger partial charge in [0, 0.05) is 141 Å². The number of aromatic nitrogens is 8. The first-order chi connectivity index (χ1) is 47.5. The van der Waals surface area contributed by atoms with Crippen LogP contribution in [0.4, 0.5) is 11.6 Å². The van der Waals surface area contributed by atoms with Crippen LogP contribution in [0.2, 0.25) is 103 Å². The zero-order valence-corrected chi connectivity index (χ0v) is 68.3. The normalized spacial score (nSPS) is 16.8. The van der Waals surface area contributed by atoms with Gasteiger partial charge in [0.15, 0.2) is 11.3 Å². The van der Waals surface area contributed by atoms with Gasteiger partial charge in [0.1, 0.15) is 38.6 Å². The summed E-state index contributed by atoms with van der Waals surface area (Å²) in [6, 6.07) is 28.4. The molecule has 0 radical (unpaired) electrons. The van der Waals surface area contributed by atoms with E-state index in [9.17, 15) is 9.59 Å². The molecule has 2 aromatic carbocycles. The highest BCUT2D eigenvalue weighted by Gasteiger charge is 2.31. The Labute approximate surface area is 611 Å². The molecule has 0 saturated heterocycles. The molecule has 20 nitrogen and oxygen atoms in total. The van der Waals surface area contributed by atoms with E-state index in [1.54, 1.807) is 6.07 Å². The summed E-state index contributed by atoms with van der Waals surface area (Å²) in [6.45, 7) is 37.8. The highest BCUT2D eigenvalue weighted by atomic mass is 127. The summed E-state index contributed by atoms with van der Waals surface area (Å²) in [6.07, 6.45) is 16.2. The smallest absolute Gasteiger partial charge is 0.466 e. The van der Waals surface area contributed by atoms with Crippen molar-refractivity contribution < 1.29 is 48.1 Å². The van der Waals surface area contributed by atoms with E-state index in [4.69, 9.17) is 58.5 Å². The lowest BCUT2D eigenvalue weighted by atomic mass is 9.79. The standard InChI is InChI=1S/C37H55N5O4Si2.C28H49IN4O4Si2.C9H8BNO2/c1-8-46-36(43)21-28-13-15-29(16-14-28)34-23-35(41(26-44-17-19-47(2,3)4)27-45-18-20-48(5,6)7)42-37(40-34)32(25-39-42)31-22-30-11-9-10-12-33(30)38-24-31;1-8-37-27(34)17-22-9-11-23(12-10-22)25-18-26(33-28(31-25)24(29)19-30-33)32(20-35-13-15-38(2,3)4)21-36-14-16-39(5,6)7;12-10(13)8-5-7-3-1-2-4-9(7)11-6-8/h9-12,22-25,28-29H,8,13-21,26-27H2,1-7H3;18-19,22-23H,8-17,20-21H2,1-7H3;1-6,12-13H. The third-order valence-corrected chi connectivity index (χ3v) is 26.0. The minimum absolute atomic E-state index is 0.0736. The van der Waals surface area contributed by atoms with Crippen LogP contribution in [-0.4, -0.2) is 167 Å². The lowest BCUT2D eigenvalue weighted by Crippen LogP contribution is -2.33. The molecule has 0 bridgehead atoms. The molecule has 2 aliphatic rings. The van der Waals surface area contributed by atoms with Crippen LogP contribution in [0.15, 0.2) is 97.6 Å². The van der Waals surface area contributed by atoms with Crippen LogP contribution in [0.3, 0.4) is 0 Å². The number of rotatable bonds is 32. The largest absolute Gasteiger partial charge is 0.490 e. The molecular formula is C74H112BIN10O10Si4. The van der Waals surface area contributed by atoms with Gasteiger partial charge in [0.2, 0.25) is 0 Å². The van der Waals surface area contributed by atoms with Gasteiger partial charge >= 0.3 is 19.1 Å². The lowest BCUT2D eigenvalue weighted by molar-refractivity contribution is -0.145. The summed E-state index contributed by atoms with van der Waals surface area (Å²) in [5, 5.41) is 29.4. The van der Waals surface area contributed by atoms with Gasteiger partial charge in [-0.2, -0.15) is 19.2 Å². The third kappa shape index (κ3) is 25.4. The molecule has 2 saturated carbocycles. The molecule has 0 spiro atoms. The van der Waals surface area contributed by atoms with Gasteiger partial charge in [-0.3, -0.25) is 19.6 Å². The number of hydrogen-bond acceptors (Lipinski definition) is 18. The summed E-state index contributed by atoms with van der Waals surface area (Å²) in [5.74, 6) is 3.12. The molecule has 2 fully saturated rings. The molecule has 26 heteroatoms. The highest BCUT2D eigenvalue weighted by Crippen LogP contribution is 2.41. The summed E-state index contributed by atoms with van der Waals surface area (Å²) in [7, 11) is -6.30. The third-order valence-electron chi connectivity index (χ3n) is 18.4. The first-order valence-electron chi connectivity index (χ1n) is 36.1. The number of anilines is 2. The van der Waals surface area contributed by atoms with Gasteiger partial charge in [-0.05, 0) is 147 Å². The molecule has 0 unspecified atom stereocenters. The zero-order chi connectivity index (χ0) is 72.2. The van der Waals surface area contributed by atoms with Crippen molar-refractivity contribution in [2.45, 2.75) is 193 Å². The SMILES string of the molecule is CCOC(=O)CC1CCC(c2cc(N(COCC[Si](C)(C)C)COCC[Si](C)(C)C)n3ncc(-c4cnc5ccccc5c4)c3n2)CC1.CCOC(=O)CC1CCC(c2cc(N(COCC[Si](C)(C)C)COCC[Si](C)(C)C)n3ncc(I)c3n2)CC1.OB(O)c1cnc2ccccc2c1. The van der Waals surface area contributed by atoms with Crippen LogP contribution < -0.4 is 15.3 Å². The molecule has 544 valence electrons. The van der Waals surface area contributed by atoms with Crippen molar-refractivity contribution in [1.29, 1.82) is 0 Å². The number of carbonyl (C=O) groups excluding carboxylic acids is 2. The molecule has 100 heavy (non-hydrogen) atoms. The number of ether oxygens (including phenoxy) is 6. The molecule has 2 aliphatic carbocycles. The van der Waals surface area contributed by atoms with Crippen molar-refractivity contribution in [2.75, 3.05) is 76.4 Å². The molecule has 2 N–H and O–H groups in total. The maximum absolute atomic E-state index is 12.2. The zero-order valence-electron chi connectivity index (χ0n) is 62.1. The second-order valence-corrected chi connectivity index (χ2v) is 55.4. The quantitative estimate of drug-likeness (QED) is 0.0131. The van der Waals surface area contributed by atoms with E-state index in [-0.39, 0.29) is 17.9 Å². The Morgan fingerprint density at radius 1 is 0.520 bits per heavy atom. The minimum Gasteiger partial charge on any atom is -0.466 e. The number of nitrogens with zero attached hydrogens (tertiary/aromatic N) is 10. The van der Waals surface area contributed by atoms with Gasteiger partial charge in [-0.25, -0.2) is 9.97 Å². The van der Waals surface area contributed by atoms with Gasteiger partial charge in [-0.1, -0.05) is 121 Å².